The molecule has 1 aromatic rings. The van der Waals surface area contributed by atoms with E-state index in [0.717, 1.165) is 24.6 Å². The van der Waals surface area contributed by atoms with Gasteiger partial charge in [-0.1, -0.05) is 20.3 Å². The van der Waals surface area contributed by atoms with Crippen LogP contribution in [-0.4, -0.2) is 16.7 Å². The van der Waals surface area contributed by atoms with Crippen molar-refractivity contribution >= 4 is 0 Å². The van der Waals surface area contributed by atoms with Crippen LogP contribution < -0.4 is 5.73 Å². The molecule has 0 aromatic carbocycles. The lowest BCUT2D eigenvalue weighted by Crippen LogP contribution is -2.15. The van der Waals surface area contributed by atoms with E-state index in [-0.39, 0.29) is 0 Å². The lowest BCUT2D eigenvalue weighted by Gasteiger charge is -2.23. The molecule has 16 heavy (non-hydrogen) atoms. The predicted octanol–water partition coefficient (Wildman–Crippen LogP) is 2.25. The molecule has 1 aliphatic carbocycles. The molecule has 90 valence electrons. The number of rotatable bonds is 4. The lowest BCUT2D eigenvalue weighted by molar-refractivity contribution is 0.280. The van der Waals surface area contributed by atoms with Gasteiger partial charge in [0.2, 0.25) is 11.8 Å². The fourth-order valence-electron chi connectivity index (χ4n) is 2.55. The van der Waals surface area contributed by atoms with Gasteiger partial charge < -0.3 is 10.2 Å². The van der Waals surface area contributed by atoms with Gasteiger partial charge in [-0.05, 0) is 31.2 Å². The minimum absolute atomic E-state index is 0.303. The monoisotopic (exact) mass is 223 g/mol. The summed E-state index contributed by atoms with van der Waals surface area (Å²) in [5.74, 6) is 2.00. The summed E-state index contributed by atoms with van der Waals surface area (Å²) in [5, 5.41) is 8.28. The summed E-state index contributed by atoms with van der Waals surface area (Å²) >= 11 is 0. The standard InChI is InChI=1S/C12H21N3O/c1-12(2)7-3-5-9(12)11-15-14-10(16-11)6-4-8-13/h9H,3-8,13H2,1-2H3. The van der Waals surface area contributed by atoms with E-state index in [2.05, 4.69) is 24.0 Å². The molecule has 4 heteroatoms. The van der Waals surface area contributed by atoms with Gasteiger partial charge in [-0.25, -0.2) is 0 Å². The van der Waals surface area contributed by atoms with Crippen LogP contribution in [0.25, 0.3) is 0 Å². The van der Waals surface area contributed by atoms with E-state index in [1.54, 1.807) is 0 Å². The minimum atomic E-state index is 0.303. The zero-order chi connectivity index (χ0) is 11.6. The molecule has 0 bridgehead atoms. The quantitative estimate of drug-likeness (QED) is 0.850. The van der Waals surface area contributed by atoms with Gasteiger partial charge in [0.05, 0.1) is 0 Å². The fraction of sp³-hybridized carbons (Fsp3) is 0.833. The molecule has 1 fully saturated rings. The van der Waals surface area contributed by atoms with Crippen molar-refractivity contribution in [2.75, 3.05) is 6.54 Å². The van der Waals surface area contributed by atoms with Crippen molar-refractivity contribution in [2.45, 2.75) is 51.9 Å². The summed E-state index contributed by atoms with van der Waals surface area (Å²) in [4.78, 5) is 0. The van der Waals surface area contributed by atoms with Gasteiger partial charge in [0.1, 0.15) is 0 Å². The van der Waals surface area contributed by atoms with E-state index >= 15 is 0 Å². The topological polar surface area (TPSA) is 64.9 Å². The highest BCUT2D eigenvalue weighted by Crippen LogP contribution is 2.48. The Kier molecular flexibility index (Phi) is 3.28. The van der Waals surface area contributed by atoms with Crippen LogP contribution in [-0.2, 0) is 6.42 Å². The second-order valence-electron chi connectivity index (χ2n) is 5.36. The number of hydrogen-bond acceptors (Lipinski definition) is 4. The third-order valence-electron chi connectivity index (χ3n) is 3.63. The molecule has 2 rings (SSSR count). The molecule has 0 aliphatic heterocycles. The Hall–Kier alpha value is -0.900. The van der Waals surface area contributed by atoms with E-state index in [0.29, 0.717) is 17.9 Å². The molecule has 1 aromatic heterocycles. The Bertz CT molecular complexity index is 346. The highest BCUT2D eigenvalue weighted by atomic mass is 16.4. The molecular formula is C12H21N3O. The number of nitrogens with two attached hydrogens (primary N) is 1. The average molecular weight is 223 g/mol. The SMILES string of the molecule is CC1(C)CCCC1c1nnc(CCCN)o1. The van der Waals surface area contributed by atoms with Crippen molar-refractivity contribution in [2.24, 2.45) is 11.1 Å². The highest BCUT2D eigenvalue weighted by molar-refractivity contribution is 5.02. The maximum Gasteiger partial charge on any atom is 0.220 e. The Morgan fingerprint density at radius 2 is 2.25 bits per heavy atom. The van der Waals surface area contributed by atoms with E-state index < -0.39 is 0 Å². The molecule has 1 heterocycles. The van der Waals surface area contributed by atoms with Crippen molar-refractivity contribution in [1.82, 2.24) is 10.2 Å². The summed E-state index contributed by atoms with van der Waals surface area (Å²) in [6, 6.07) is 0. The van der Waals surface area contributed by atoms with Gasteiger partial charge in [0.15, 0.2) is 0 Å². The molecule has 0 spiro atoms. The zero-order valence-corrected chi connectivity index (χ0v) is 10.2. The fourth-order valence-corrected chi connectivity index (χ4v) is 2.55. The van der Waals surface area contributed by atoms with Crippen LogP contribution in [0, 0.1) is 5.41 Å². The Balaban J connectivity index is 2.06. The Morgan fingerprint density at radius 1 is 1.44 bits per heavy atom. The van der Waals surface area contributed by atoms with Gasteiger partial charge in [-0.15, -0.1) is 10.2 Å². The van der Waals surface area contributed by atoms with Crippen LogP contribution in [0.4, 0.5) is 0 Å². The molecule has 1 aliphatic rings. The first-order valence-corrected chi connectivity index (χ1v) is 6.16. The van der Waals surface area contributed by atoms with Crippen molar-refractivity contribution < 1.29 is 4.42 Å². The van der Waals surface area contributed by atoms with Crippen LogP contribution in [0.5, 0.6) is 0 Å². The minimum Gasteiger partial charge on any atom is -0.425 e. The zero-order valence-electron chi connectivity index (χ0n) is 10.2. The van der Waals surface area contributed by atoms with Crippen molar-refractivity contribution in [3.8, 4) is 0 Å². The van der Waals surface area contributed by atoms with Crippen LogP contribution >= 0.6 is 0 Å². The molecular weight excluding hydrogens is 202 g/mol. The maximum atomic E-state index is 5.73. The van der Waals surface area contributed by atoms with E-state index in [1.807, 2.05) is 0 Å². The lowest BCUT2D eigenvalue weighted by atomic mass is 9.82. The second kappa shape index (κ2) is 4.53. The number of nitrogens with zero attached hydrogens (tertiary/aromatic N) is 2. The van der Waals surface area contributed by atoms with Crippen LogP contribution in [0.15, 0.2) is 4.42 Å². The predicted molar refractivity (Wildman–Crippen MR) is 62.0 cm³/mol. The first-order valence-electron chi connectivity index (χ1n) is 6.16. The Morgan fingerprint density at radius 3 is 2.88 bits per heavy atom. The largest absolute Gasteiger partial charge is 0.425 e. The summed E-state index contributed by atoms with van der Waals surface area (Å²) in [6.45, 7) is 5.25. The smallest absolute Gasteiger partial charge is 0.220 e. The van der Waals surface area contributed by atoms with E-state index in [4.69, 9.17) is 10.2 Å². The average Bonchev–Trinajstić information content (AvgIpc) is 2.81. The van der Waals surface area contributed by atoms with Crippen molar-refractivity contribution in [3.63, 3.8) is 0 Å². The number of aryl methyl sites for hydroxylation is 1. The molecule has 0 saturated heterocycles. The number of hydrogen-bond donors (Lipinski definition) is 1. The summed E-state index contributed by atoms with van der Waals surface area (Å²) in [6.07, 6.45) is 5.40. The third kappa shape index (κ3) is 2.26. The highest BCUT2D eigenvalue weighted by Gasteiger charge is 2.38. The van der Waals surface area contributed by atoms with E-state index in [1.165, 1.54) is 19.3 Å². The Labute approximate surface area is 96.6 Å². The van der Waals surface area contributed by atoms with Gasteiger partial charge in [-0.3, -0.25) is 0 Å². The molecule has 2 N–H and O–H groups in total. The van der Waals surface area contributed by atoms with Gasteiger partial charge >= 0.3 is 0 Å². The molecule has 4 nitrogen and oxygen atoms in total. The summed E-state index contributed by atoms with van der Waals surface area (Å²) < 4.78 is 5.73. The molecule has 1 unspecified atom stereocenters. The number of aromatic nitrogens is 2. The van der Waals surface area contributed by atoms with Gasteiger partial charge in [0.25, 0.3) is 0 Å². The summed E-state index contributed by atoms with van der Waals surface area (Å²) in [5.41, 5.74) is 5.76. The van der Waals surface area contributed by atoms with Gasteiger partial charge in [-0.2, -0.15) is 0 Å². The third-order valence-corrected chi connectivity index (χ3v) is 3.63. The first-order chi connectivity index (χ1) is 7.63. The summed E-state index contributed by atoms with van der Waals surface area (Å²) in [7, 11) is 0. The van der Waals surface area contributed by atoms with E-state index in [9.17, 15) is 0 Å². The second-order valence-corrected chi connectivity index (χ2v) is 5.36. The van der Waals surface area contributed by atoms with Crippen molar-refractivity contribution in [1.29, 1.82) is 0 Å². The molecule has 0 amide bonds. The van der Waals surface area contributed by atoms with Crippen molar-refractivity contribution in [3.05, 3.63) is 11.8 Å². The van der Waals surface area contributed by atoms with Crippen LogP contribution in [0.1, 0.15) is 57.2 Å². The van der Waals surface area contributed by atoms with Crippen LogP contribution in [0.2, 0.25) is 0 Å². The first kappa shape index (κ1) is 11.6. The normalized spacial score (nSPS) is 23.8. The van der Waals surface area contributed by atoms with Crippen LogP contribution in [0.3, 0.4) is 0 Å². The molecule has 1 atom stereocenters. The maximum absolute atomic E-state index is 5.73. The molecule has 1 saturated carbocycles. The van der Waals surface area contributed by atoms with Gasteiger partial charge in [0, 0.05) is 12.3 Å². The molecule has 0 radical (unpaired) electrons.